The van der Waals surface area contributed by atoms with E-state index in [1.807, 2.05) is 0 Å². The molecule has 0 spiro atoms. The summed E-state index contributed by atoms with van der Waals surface area (Å²) in [7, 11) is 0. The largest absolute Gasteiger partial charge is 0.465 e. The van der Waals surface area contributed by atoms with E-state index in [4.69, 9.17) is 4.42 Å². The molecule has 1 unspecified atom stereocenters. The molecule has 1 aliphatic rings. The molecular weight excluding hydrogens is 200 g/mol. The summed E-state index contributed by atoms with van der Waals surface area (Å²) in [5.74, 6) is 2.11. The molecule has 1 atom stereocenters. The minimum absolute atomic E-state index is 0.496. The van der Waals surface area contributed by atoms with E-state index < -0.39 is 0 Å². The van der Waals surface area contributed by atoms with Crippen molar-refractivity contribution in [3.63, 3.8) is 0 Å². The highest BCUT2D eigenvalue weighted by Gasteiger charge is 2.20. The zero-order chi connectivity index (χ0) is 11.4. The monoisotopic (exact) mass is 222 g/mol. The van der Waals surface area contributed by atoms with Crippen LogP contribution in [0.1, 0.15) is 38.2 Å². The summed E-state index contributed by atoms with van der Waals surface area (Å²) >= 11 is 0. The molecule has 0 aromatic carbocycles. The maximum absolute atomic E-state index is 5.64. The molecule has 1 aliphatic carbocycles. The quantitative estimate of drug-likeness (QED) is 0.741. The van der Waals surface area contributed by atoms with Gasteiger partial charge < -0.3 is 15.1 Å². The van der Waals surface area contributed by atoms with E-state index in [0.717, 1.165) is 37.1 Å². The second kappa shape index (κ2) is 5.51. The van der Waals surface area contributed by atoms with Gasteiger partial charge in [-0.2, -0.15) is 0 Å². The molecule has 0 bridgehead atoms. The highest BCUT2D eigenvalue weighted by molar-refractivity contribution is 5.06. The van der Waals surface area contributed by atoms with Crippen LogP contribution >= 0.6 is 0 Å². The molecule has 1 heterocycles. The number of furan rings is 1. The summed E-state index contributed by atoms with van der Waals surface area (Å²) in [4.78, 5) is 0. The molecule has 0 saturated heterocycles. The molecule has 0 amide bonds. The van der Waals surface area contributed by atoms with E-state index in [2.05, 4.69) is 36.6 Å². The van der Waals surface area contributed by atoms with E-state index in [0.29, 0.717) is 6.04 Å². The molecule has 1 fully saturated rings. The summed E-state index contributed by atoms with van der Waals surface area (Å²) in [5, 5.41) is 6.98. The molecule has 0 radical (unpaired) electrons. The summed E-state index contributed by atoms with van der Waals surface area (Å²) in [6.07, 6.45) is 3.67. The van der Waals surface area contributed by atoms with Gasteiger partial charge in [-0.05, 0) is 31.9 Å². The molecular formula is C13H22N2O. The van der Waals surface area contributed by atoms with Gasteiger partial charge in [-0.3, -0.25) is 0 Å². The maximum atomic E-state index is 5.64. The van der Waals surface area contributed by atoms with E-state index in [9.17, 15) is 0 Å². The van der Waals surface area contributed by atoms with Crippen LogP contribution in [-0.4, -0.2) is 18.6 Å². The Hall–Kier alpha value is -0.800. The van der Waals surface area contributed by atoms with Gasteiger partial charge in [0.25, 0.3) is 0 Å². The molecule has 90 valence electrons. The van der Waals surface area contributed by atoms with Crippen LogP contribution in [0.2, 0.25) is 0 Å². The van der Waals surface area contributed by atoms with Crippen LogP contribution in [0.4, 0.5) is 0 Å². The predicted molar refractivity (Wildman–Crippen MR) is 65.4 cm³/mol. The first-order valence-electron chi connectivity index (χ1n) is 6.32. The van der Waals surface area contributed by atoms with Gasteiger partial charge in [-0.15, -0.1) is 0 Å². The van der Waals surface area contributed by atoms with Crippen LogP contribution in [0.5, 0.6) is 0 Å². The first-order valence-corrected chi connectivity index (χ1v) is 6.32. The lowest BCUT2D eigenvalue weighted by Crippen LogP contribution is -2.36. The summed E-state index contributed by atoms with van der Waals surface area (Å²) in [6.45, 7) is 6.19. The second-order valence-electron chi connectivity index (χ2n) is 4.69. The topological polar surface area (TPSA) is 37.2 Å². The van der Waals surface area contributed by atoms with E-state index in [1.165, 1.54) is 12.8 Å². The Bertz CT molecular complexity index is 317. The molecule has 1 saturated carbocycles. The van der Waals surface area contributed by atoms with E-state index in [1.54, 1.807) is 0 Å². The van der Waals surface area contributed by atoms with Crippen molar-refractivity contribution in [1.82, 2.24) is 10.6 Å². The first kappa shape index (κ1) is 11.7. The van der Waals surface area contributed by atoms with Crippen molar-refractivity contribution in [2.75, 3.05) is 6.54 Å². The Kier molecular flexibility index (Phi) is 4.02. The van der Waals surface area contributed by atoms with Gasteiger partial charge in [0.1, 0.15) is 11.5 Å². The predicted octanol–water partition coefficient (Wildman–Crippen LogP) is 2.07. The Labute approximate surface area is 97.6 Å². The van der Waals surface area contributed by atoms with Crippen LogP contribution in [0.25, 0.3) is 0 Å². The van der Waals surface area contributed by atoms with Crippen LogP contribution in [0.3, 0.4) is 0 Å². The lowest BCUT2D eigenvalue weighted by molar-refractivity contribution is 0.423. The van der Waals surface area contributed by atoms with Gasteiger partial charge in [-0.25, -0.2) is 0 Å². The highest BCUT2D eigenvalue weighted by Crippen LogP contribution is 2.18. The summed E-state index contributed by atoms with van der Waals surface area (Å²) < 4.78 is 5.64. The number of rotatable bonds is 7. The Morgan fingerprint density at radius 3 is 2.75 bits per heavy atom. The summed E-state index contributed by atoms with van der Waals surface area (Å²) in [5.41, 5.74) is 0. The number of nitrogens with one attached hydrogen (secondary N) is 2. The zero-order valence-electron chi connectivity index (χ0n) is 10.3. The lowest BCUT2D eigenvalue weighted by Gasteiger charge is -2.13. The zero-order valence-corrected chi connectivity index (χ0v) is 10.3. The first-order chi connectivity index (χ1) is 7.78. The third kappa shape index (κ3) is 3.65. The van der Waals surface area contributed by atoms with Gasteiger partial charge in [0.05, 0.1) is 6.54 Å². The highest BCUT2D eigenvalue weighted by atomic mass is 16.3. The molecule has 16 heavy (non-hydrogen) atoms. The SMILES string of the molecule is CCc1ccc(CNC(C)CNC2CC2)o1. The van der Waals surface area contributed by atoms with Crippen molar-refractivity contribution < 1.29 is 4.42 Å². The molecule has 3 nitrogen and oxygen atoms in total. The standard InChI is InChI=1S/C13H22N2O/c1-3-12-6-7-13(16-12)9-14-10(2)8-15-11-4-5-11/h6-7,10-11,14-15H,3-5,8-9H2,1-2H3. The molecule has 2 N–H and O–H groups in total. The third-order valence-corrected chi connectivity index (χ3v) is 2.98. The van der Waals surface area contributed by atoms with Gasteiger partial charge in [0.15, 0.2) is 0 Å². The second-order valence-corrected chi connectivity index (χ2v) is 4.69. The molecule has 2 rings (SSSR count). The van der Waals surface area contributed by atoms with Crippen molar-refractivity contribution in [3.8, 4) is 0 Å². The molecule has 1 aromatic rings. The van der Waals surface area contributed by atoms with Gasteiger partial charge >= 0.3 is 0 Å². The van der Waals surface area contributed by atoms with E-state index >= 15 is 0 Å². The average Bonchev–Trinajstić information content (AvgIpc) is 3.01. The number of aryl methyl sites for hydroxylation is 1. The van der Waals surface area contributed by atoms with Crippen molar-refractivity contribution in [3.05, 3.63) is 23.7 Å². The van der Waals surface area contributed by atoms with Gasteiger partial charge in [0, 0.05) is 25.0 Å². The van der Waals surface area contributed by atoms with Crippen molar-refractivity contribution in [2.45, 2.75) is 51.7 Å². The minimum Gasteiger partial charge on any atom is -0.465 e. The summed E-state index contributed by atoms with van der Waals surface area (Å²) in [6, 6.07) is 5.41. The fourth-order valence-electron chi connectivity index (χ4n) is 1.69. The fraction of sp³-hybridized carbons (Fsp3) is 0.692. The molecule has 0 aliphatic heterocycles. The van der Waals surface area contributed by atoms with Crippen molar-refractivity contribution in [2.24, 2.45) is 0 Å². The maximum Gasteiger partial charge on any atom is 0.117 e. The van der Waals surface area contributed by atoms with Crippen LogP contribution in [0, 0.1) is 0 Å². The van der Waals surface area contributed by atoms with Crippen molar-refractivity contribution >= 4 is 0 Å². The molecule has 1 aromatic heterocycles. The van der Waals surface area contributed by atoms with E-state index in [-0.39, 0.29) is 0 Å². The fourth-order valence-corrected chi connectivity index (χ4v) is 1.69. The minimum atomic E-state index is 0.496. The van der Waals surface area contributed by atoms with Crippen molar-refractivity contribution in [1.29, 1.82) is 0 Å². The average molecular weight is 222 g/mol. The Morgan fingerprint density at radius 1 is 1.38 bits per heavy atom. The molecule has 3 heteroatoms. The van der Waals surface area contributed by atoms with Gasteiger partial charge in [0.2, 0.25) is 0 Å². The number of hydrogen-bond acceptors (Lipinski definition) is 3. The van der Waals surface area contributed by atoms with Crippen LogP contribution in [0.15, 0.2) is 16.5 Å². The van der Waals surface area contributed by atoms with Crippen LogP contribution in [-0.2, 0) is 13.0 Å². The lowest BCUT2D eigenvalue weighted by atomic mass is 10.3. The smallest absolute Gasteiger partial charge is 0.117 e. The van der Waals surface area contributed by atoms with Crippen LogP contribution < -0.4 is 10.6 Å². The normalized spacial score (nSPS) is 17.6. The number of hydrogen-bond donors (Lipinski definition) is 2. The Morgan fingerprint density at radius 2 is 2.12 bits per heavy atom. The Balaban J connectivity index is 1.64. The van der Waals surface area contributed by atoms with Gasteiger partial charge in [-0.1, -0.05) is 6.92 Å². The third-order valence-electron chi connectivity index (χ3n) is 2.98.